The molecule has 0 aliphatic rings. The van der Waals surface area contributed by atoms with E-state index in [-0.39, 0.29) is 112 Å². The Bertz CT molecular complexity index is 5240. The van der Waals surface area contributed by atoms with Gasteiger partial charge in [-0.15, -0.1) is 0 Å². The van der Waals surface area contributed by atoms with Gasteiger partial charge in [-0.25, -0.2) is 57.5 Å². The number of hydrogen-bond donors (Lipinski definition) is 0. The van der Waals surface area contributed by atoms with Gasteiger partial charge in [-0.05, 0) is 211 Å². The van der Waals surface area contributed by atoms with Crippen molar-refractivity contribution in [3.05, 3.63) is 364 Å². The maximum Gasteiger partial charge on any atom is 0.336 e. The fourth-order valence-corrected chi connectivity index (χ4v) is 12.6. The van der Waals surface area contributed by atoms with Crippen molar-refractivity contribution in [2.45, 2.75) is 38.5 Å². The molecule has 0 unspecified atom stereocenters. The van der Waals surface area contributed by atoms with E-state index in [1.54, 1.807) is 146 Å². The van der Waals surface area contributed by atoms with Crippen LogP contribution < -0.4 is 56.8 Å². The molecule has 0 fully saturated rings. The zero-order valence-corrected chi connectivity index (χ0v) is 74.9. The zero-order valence-electron chi connectivity index (χ0n) is 74.9. The fraction of sp³-hybridized carbons (Fsp3) is 0.167. The van der Waals surface area contributed by atoms with Gasteiger partial charge in [-0.2, -0.15) is 0 Å². The van der Waals surface area contributed by atoms with Crippen LogP contribution in [0.4, 0.5) is 0 Å². The van der Waals surface area contributed by atoms with Gasteiger partial charge in [0.1, 0.15) is 74.1 Å². The Labute approximate surface area is 793 Å². The molecule has 0 saturated carbocycles. The first kappa shape index (κ1) is 102. The smallest absolute Gasteiger partial charge is 0.336 e. The minimum absolute atomic E-state index is 0.109. The van der Waals surface area contributed by atoms with E-state index < -0.39 is 106 Å². The minimum Gasteiger partial charge on any atom is -0.490 e. The number of rotatable bonds is 54. The van der Waals surface area contributed by atoms with Crippen LogP contribution in [-0.4, -0.2) is 151 Å². The van der Waals surface area contributed by atoms with E-state index in [9.17, 15) is 57.5 Å². The van der Waals surface area contributed by atoms with E-state index in [4.69, 9.17) is 85.3 Å². The second kappa shape index (κ2) is 55.0. The second-order valence-corrected chi connectivity index (χ2v) is 28.9. The van der Waals surface area contributed by atoms with Gasteiger partial charge in [0.05, 0.1) is 39.6 Å². The van der Waals surface area contributed by atoms with Gasteiger partial charge in [0.2, 0.25) is 0 Å². The van der Waals surface area contributed by atoms with E-state index in [1.807, 2.05) is 0 Å². The average molecular weight is 1870 g/mol. The lowest BCUT2D eigenvalue weighted by molar-refractivity contribution is -0.138. The monoisotopic (exact) mass is 1870 g/mol. The third-order valence-electron chi connectivity index (χ3n) is 19.3. The first-order valence-corrected chi connectivity index (χ1v) is 42.9. The molecular weight excluding hydrogens is 1780 g/mol. The number of benzene rings is 10. The van der Waals surface area contributed by atoms with Gasteiger partial charge >= 0.3 is 71.6 Å². The van der Waals surface area contributed by atoms with E-state index >= 15 is 0 Å². The quantitative estimate of drug-likeness (QED) is 0.0112. The van der Waals surface area contributed by atoms with Crippen LogP contribution in [0.1, 0.15) is 33.4 Å². The molecule has 0 amide bonds. The molecule has 138 heavy (non-hydrogen) atoms. The molecule has 0 aliphatic carbocycles. The predicted molar refractivity (Wildman–Crippen MR) is 508 cm³/mol. The third kappa shape index (κ3) is 34.8. The highest BCUT2D eigenvalue weighted by atomic mass is 16.6. The van der Waals surface area contributed by atoms with Crippen molar-refractivity contribution < 1.29 is 143 Å². The molecule has 0 atom stereocenters. The predicted octanol–water partition coefficient (Wildman–Crippen LogP) is 16.0. The Morgan fingerprint density at radius 1 is 0.188 bits per heavy atom. The summed E-state index contributed by atoms with van der Waals surface area (Å²) < 4.78 is 103. The minimum atomic E-state index is -1.02. The van der Waals surface area contributed by atoms with E-state index in [2.05, 4.69) is 39.5 Å². The molecule has 708 valence electrons. The number of carbonyl (C=O) groups is 12. The van der Waals surface area contributed by atoms with Crippen LogP contribution in [-0.2, 0) is 124 Å². The van der Waals surface area contributed by atoms with Crippen LogP contribution in [0.2, 0.25) is 0 Å². The SMILES string of the molecule is C=CC(=O)OCCc1ccc(OCC=CC(=O)Oc2cc3c4cc(OC(=O)C=CCOc5ccc(CCOC(=O)C=C)cc5)c(OC(=O)C=CCOc5ccc(CCOC(=O)C=C)cc5)cc4c4cc(OC(=O)C=CCOc5ccc(CCOC(=O)C=C)cc5)c(OC(=O)C=CCOc5ccc(CCOC(=O)C=C)cc5)cc4c3cc2OC(=O)C=CCOc2ccc(CCOC(=O)C=C)cc2)cc1. The molecule has 10 rings (SSSR count). The van der Waals surface area contributed by atoms with Gasteiger partial charge in [0.25, 0.3) is 0 Å². The summed E-state index contributed by atoms with van der Waals surface area (Å²) in [6, 6.07) is 49.4. The molecule has 0 spiro atoms. The Morgan fingerprint density at radius 3 is 0.442 bits per heavy atom. The number of esters is 12. The Kier molecular flexibility index (Phi) is 40.8. The van der Waals surface area contributed by atoms with Crippen molar-refractivity contribution in [3.63, 3.8) is 0 Å². The Morgan fingerprint density at radius 2 is 0.319 bits per heavy atom. The fourth-order valence-electron chi connectivity index (χ4n) is 12.6. The normalized spacial score (nSPS) is 11.0. The summed E-state index contributed by atoms with van der Waals surface area (Å²) in [4.78, 5) is 156. The molecule has 0 heterocycles. The summed E-state index contributed by atoms with van der Waals surface area (Å²) in [6.07, 6.45) is 23.3. The van der Waals surface area contributed by atoms with Crippen molar-refractivity contribution in [1.29, 1.82) is 0 Å². The van der Waals surface area contributed by atoms with E-state index in [0.29, 0.717) is 73.0 Å². The lowest BCUT2D eigenvalue weighted by Crippen LogP contribution is -2.11. The number of fused-ring (bicyclic) bond motifs is 6. The molecule has 0 bridgehead atoms. The van der Waals surface area contributed by atoms with Crippen molar-refractivity contribution in [2.24, 2.45) is 0 Å². The Hall–Kier alpha value is -17.7. The maximum atomic E-state index is 14.4. The van der Waals surface area contributed by atoms with Gasteiger partial charge < -0.3 is 85.3 Å². The van der Waals surface area contributed by atoms with E-state index in [0.717, 1.165) is 106 Å². The average Bonchev–Trinajstić information content (AvgIpc) is 0.721. The highest BCUT2D eigenvalue weighted by Crippen LogP contribution is 2.48. The molecular formula is C108H96O30. The summed E-state index contributed by atoms with van der Waals surface area (Å²) in [5.74, 6) is -9.45. The standard InChI is InChI=1S/C108H96O30/c1-7-97(109)127-61-49-73-25-37-79(38-26-73)121-55-13-19-103(115)133-91-67-85-86(68-92(91)134-104(116)20-14-56-122-80-39-27-74(28-40-80)50-62-128-98(110)8-2)88-70-94(136-106(118)22-16-58-124-82-43-31-76(32-44-82)52-64-130-100(112)10-4)96(138-108(120)24-18-60-126-84-47-35-78(36-48-84)54-66-132-102(114)12-6)72-90(88)89-71-95(137-107(119)23-17-59-125-83-45-33-77(34-46-83)53-65-131-101(113)11-5)93(69-87(85)89)135-105(117)21-15-57-123-81-41-29-75(30-42-81)51-63-129-99(111)9-3/h7-48,67-72H,1-6,49-66H2. The van der Waals surface area contributed by atoms with Crippen LogP contribution in [0.3, 0.4) is 0 Å². The van der Waals surface area contributed by atoms with Crippen LogP contribution in [0.5, 0.6) is 69.0 Å². The zero-order chi connectivity index (χ0) is 98.2. The topological polar surface area (TPSA) is 371 Å². The summed E-state index contributed by atoms with van der Waals surface area (Å²) in [5, 5.41) is 0.674. The lowest BCUT2D eigenvalue weighted by Gasteiger charge is -2.18. The molecule has 0 radical (unpaired) electrons. The van der Waals surface area contributed by atoms with Gasteiger partial charge in [-0.3, -0.25) is 0 Å². The van der Waals surface area contributed by atoms with Gasteiger partial charge in [0.15, 0.2) is 34.5 Å². The second-order valence-electron chi connectivity index (χ2n) is 28.9. The van der Waals surface area contributed by atoms with Gasteiger partial charge in [0, 0.05) is 111 Å². The molecule has 10 aromatic carbocycles. The molecule has 0 aromatic heterocycles. The van der Waals surface area contributed by atoms with Crippen LogP contribution in [0.25, 0.3) is 32.3 Å². The molecule has 10 aromatic rings. The summed E-state index contributed by atoms with van der Waals surface area (Å²) in [6.45, 7) is 20.1. The van der Waals surface area contributed by atoms with Crippen LogP contribution >= 0.6 is 0 Å². The van der Waals surface area contributed by atoms with Gasteiger partial charge in [-0.1, -0.05) is 112 Å². The highest BCUT2D eigenvalue weighted by molar-refractivity contribution is 6.27. The maximum absolute atomic E-state index is 14.4. The number of carbonyl (C=O) groups excluding carboxylic acids is 12. The number of ether oxygens (including phenoxy) is 18. The summed E-state index contributed by atoms with van der Waals surface area (Å²) >= 11 is 0. The highest BCUT2D eigenvalue weighted by Gasteiger charge is 2.25. The Balaban J connectivity index is 1.08. The van der Waals surface area contributed by atoms with Crippen molar-refractivity contribution in [1.82, 2.24) is 0 Å². The molecule has 30 heteroatoms. The first-order valence-electron chi connectivity index (χ1n) is 42.9. The molecule has 30 nitrogen and oxygen atoms in total. The van der Waals surface area contributed by atoms with Crippen LogP contribution in [0.15, 0.2) is 331 Å². The third-order valence-corrected chi connectivity index (χ3v) is 19.3. The number of hydrogen-bond acceptors (Lipinski definition) is 30. The lowest BCUT2D eigenvalue weighted by atomic mass is 9.93. The summed E-state index contributed by atoms with van der Waals surface area (Å²) in [7, 11) is 0. The van der Waals surface area contributed by atoms with E-state index in [1.165, 1.54) is 72.9 Å². The molecule has 0 N–H and O–H groups in total. The van der Waals surface area contributed by atoms with Crippen molar-refractivity contribution in [3.8, 4) is 69.0 Å². The van der Waals surface area contributed by atoms with Crippen LogP contribution in [0, 0.1) is 0 Å². The largest absolute Gasteiger partial charge is 0.490 e. The molecule has 0 aliphatic heterocycles. The molecule has 0 saturated heterocycles. The van der Waals surface area contributed by atoms with Crippen molar-refractivity contribution >= 4 is 104 Å². The van der Waals surface area contributed by atoms with Crippen molar-refractivity contribution in [2.75, 3.05) is 79.3 Å². The summed E-state index contributed by atoms with van der Waals surface area (Å²) in [5.41, 5.74) is 4.98. The first-order chi connectivity index (χ1) is 67.0.